The number of allylic oxidation sites excluding steroid dienone is 2. The average molecular weight is 1410 g/mol. The Morgan fingerprint density at radius 3 is 0.853 bits per heavy atom. The second-order valence-electron chi connectivity index (χ2n) is 25.1. The van der Waals surface area contributed by atoms with Gasteiger partial charge >= 0.3 is 35.1 Å². The van der Waals surface area contributed by atoms with Crippen molar-refractivity contribution in [2.75, 3.05) is 0 Å². The van der Waals surface area contributed by atoms with Crippen molar-refractivity contribution in [1.29, 1.82) is 0 Å². The summed E-state index contributed by atoms with van der Waals surface area (Å²) in [6.45, 7) is -1.20. The lowest BCUT2D eigenvalue weighted by Crippen LogP contribution is -2.52. The van der Waals surface area contributed by atoms with Crippen LogP contribution in [0.3, 0.4) is 0 Å². The number of Topliss-reactive ketones (excluding diaryl/α,β-unsaturated/α-hetero) is 4. The zero-order chi connectivity index (χ0) is 69.1. The summed E-state index contributed by atoms with van der Waals surface area (Å²) < 4.78 is 39.6. The molecule has 0 radical (unpaired) electrons. The number of thiophene rings is 4. The van der Waals surface area contributed by atoms with Crippen LogP contribution >= 0.6 is 45.3 Å². The highest BCUT2D eigenvalue weighted by Crippen LogP contribution is 2.65. The lowest BCUT2D eigenvalue weighted by molar-refractivity contribution is -0.185. The summed E-state index contributed by atoms with van der Waals surface area (Å²) in [5, 5.41) is 6.93. The van der Waals surface area contributed by atoms with E-state index in [0.29, 0.717) is 51.2 Å². The van der Waals surface area contributed by atoms with E-state index in [1.54, 1.807) is 121 Å². The molecular formula is C84H48O14S4. The Bertz CT molecular complexity index is 5440. The van der Waals surface area contributed by atoms with Gasteiger partial charge in [-0.05, 0) is 138 Å². The SMILES string of the molecule is O=C1C(=Cc2cc3c(s2)-c2sc4c5c(sc4c2OC3(C(=O)OCc2ccccc2)C(=O)OCc2ccccc2)-c2sc(C=C3C(=O)c4cc6cc7ccccc7cc6cc4C3=O)cc2C(C(=O)OCc2ccccc2)(C(=O)OCc2ccccc2)O5)C(=O)c2cc3cc4ccccc4cc3cc21. The normalized spacial score (nSPS) is 14.4. The van der Waals surface area contributed by atoms with Gasteiger partial charge in [0.2, 0.25) is 0 Å². The third-order valence-electron chi connectivity index (χ3n) is 18.8. The summed E-state index contributed by atoms with van der Waals surface area (Å²) >= 11 is 4.40. The van der Waals surface area contributed by atoms with Crippen LogP contribution in [0.2, 0.25) is 0 Å². The van der Waals surface area contributed by atoms with Crippen LogP contribution in [0.4, 0.5) is 0 Å². The minimum absolute atomic E-state index is 0.00364. The topological polar surface area (TPSA) is 192 Å². The predicted molar refractivity (Wildman–Crippen MR) is 392 cm³/mol. The maximum Gasteiger partial charge on any atom is 0.367 e. The molecule has 2 aliphatic carbocycles. The van der Waals surface area contributed by atoms with Gasteiger partial charge < -0.3 is 28.4 Å². The van der Waals surface area contributed by atoms with Gasteiger partial charge in [0.25, 0.3) is 0 Å². The molecule has 492 valence electrons. The summed E-state index contributed by atoms with van der Waals surface area (Å²) in [5.74, 6) is -6.65. The van der Waals surface area contributed by atoms with E-state index in [1.165, 1.54) is 24.3 Å². The number of carbonyl (C=O) groups excluding carboxylic acids is 8. The summed E-state index contributed by atoms with van der Waals surface area (Å²) in [7, 11) is 0. The standard InChI is InChI=1S/C84H48O14S4/c85-67-59-33-53-29-49-25-13-14-26-50(49)30-54(53)34-60(59)68(86)63(67)37-57-39-65-73(99-57)75-71(97-83(65,79(89)93-41-45-17-5-1-6-18-45)80(90)94-42-46-19-7-2-8-20-46)77-78(101-75)72-76(102-77)74-66(84(98-72,81(91)95-43-47-21-9-3-10-22-47)82(92)96-44-48-23-11-4-12-24-48)40-58(100-74)38-64-69(87)61-35-55-31-51-27-15-16-28-52(51)32-56(55)36-62(61)70(64)88/h1-40H,41-44H2. The number of benzene rings is 10. The Balaban J connectivity index is 0.819. The molecular weight excluding hydrogens is 1360 g/mol. The molecule has 14 aromatic rings. The average Bonchev–Trinajstić information content (AvgIpc) is 1.52. The molecule has 4 aliphatic rings. The summed E-state index contributed by atoms with van der Waals surface area (Å²) in [6.07, 6.45) is 2.92. The van der Waals surface area contributed by atoms with E-state index in [9.17, 15) is 19.2 Å². The van der Waals surface area contributed by atoms with Gasteiger partial charge in [-0.3, -0.25) is 19.2 Å². The van der Waals surface area contributed by atoms with Crippen molar-refractivity contribution in [3.63, 3.8) is 0 Å². The van der Waals surface area contributed by atoms with Crippen LogP contribution in [-0.2, 0) is 75.8 Å². The van der Waals surface area contributed by atoms with Gasteiger partial charge in [-0.25, -0.2) is 19.2 Å². The van der Waals surface area contributed by atoms with Gasteiger partial charge in [0.05, 0.1) is 40.1 Å². The van der Waals surface area contributed by atoms with Crippen molar-refractivity contribution < 1.29 is 66.8 Å². The van der Waals surface area contributed by atoms with Crippen LogP contribution in [0.1, 0.15) is 84.6 Å². The number of hydrogen-bond acceptors (Lipinski definition) is 18. The van der Waals surface area contributed by atoms with Crippen LogP contribution in [0.15, 0.2) is 242 Å². The van der Waals surface area contributed by atoms with E-state index < -0.39 is 58.2 Å². The first-order valence-electron chi connectivity index (χ1n) is 32.4. The number of ether oxygens (including phenoxy) is 6. The van der Waals surface area contributed by atoms with Crippen molar-refractivity contribution in [3.05, 3.63) is 307 Å². The van der Waals surface area contributed by atoms with Crippen LogP contribution in [0, 0.1) is 0 Å². The molecule has 2 aliphatic heterocycles. The smallest absolute Gasteiger partial charge is 0.367 e. The fourth-order valence-corrected chi connectivity index (χ4v) is 18.9. The van der Waals surface area contributed by atoms with Crippen molar-refractivity contribution in [2.45, 2.75) is 37.6 Å². The largest absolute Gasteiger partial charge is 0.457 e. The fraction of sp³-hybridized carbons (Fsp3) is 0.0714. The highest BCUT2D eigenvalue weighted by molar-refractivity contribution is 7.35. The molecule has 0 atom stereocenters. The summed E-state index contributed by atoms with van der Waals surface area (Å²) in [5.41, 5.74) is -2.55. The molecule has 0 bridgehead atoms. The molecule has 18 rings (SSSR count). The Hall–Kier alpha value is -12.1. The lowest BCUT2D eigenvalue weighted by atomic mass is 9.90. The molecule has 0 amide bonds. The second-order valence-corrected chi connectivity index (χ2v) is 29.3. The first-order valence-corrected chi connectivity index (χ1v) is 35.7. The van der Waals surface area contributed by atoms with E-state index >= 15 is 19.2 Å². The number of fused-ring (bicyclic) bond motifs is 15. The van der Waals surface area contributed by atoms with E-state index in [-0.39, 0.29) is 92.2 Å². The van der Waals surface area contributed by atoms with Crippen LogP contribution in [-0.4, -0.2) is 47.0 Å². The zero-order valence-electron chi connectivity index (χ0n) is 53.3. The Labute approximate surface area is 595 Å². The molecule has 0 N–H and O–H groups in total. The number of rotatable bonds is 14. The fourth-order valence-electron chi connectivity index (χ4n) is 13.8. The van der Waals surface area contributed by atoms with Gasteiger partial charge in [0.15, 0.2) is 34.6 Å². The van der Waals surface area contributed by atoms with E-state index in [4.69, 9.17) is 28.4 Å². The number of esters is 4. The molecule has 10 aromatic carbocycles. The van der Waals surface area contributed by atoms with Gasteiger partial charge in [-0.15, -0.1) is 45.3 Å². The Morgan fingerprint density at radius 1 is 0.314 bits per heavy atom. The third-order valence-corrected chi connectivity index (χ3v) is 23.8. The molecule has 4 aromatic heterocycles. The van der Waals surface area contributed by atoms with Crippen LogP contribution in [0.25, 0.3) is 84.2 Å². The maximum atomic E-state index is 15.7. The Kier molecular flexibility index (Phi) is 14.9. The van der Waals surface area contributed by atoms with Gasteiger partial charge in [-0.2, -0.15) is 0 Å². The van der Waals surface area contributed by atoms with Crippen molar-refractivity contribution in [2.24, 2.45) is 0 Å². The first-order chi connectivity index (χ1) is 49.8. The van der Waals surface area contributed by atoms with Crippen LogP contribution < -0.4 is 9.47 Å². The summed E-state index contributed by atoms with van der Waals surface area (Å²) in [4.78, 5) is 124. The highest BCUT2D eigenvalue weighted by atomic mass is 32.1. The third kappa shape index (κ3) is 10.1. The quantitative estimate of drug-likeness (QED) is 0.0249. The molecule has 0 fully saturated rings. The molecule has 0 spiro atoms. The second kappa shape index (κ2) is 24.4. The minimum atomic E-state index is -2.75. The molecule has 18 heteroatoms. The van der Waals surface area contributed by atoms with E-state index in [1.807, 2.05) is 97.1 Å². The zero-order valence-corrected chi connectivity index (χ0v) is 56.5. The molecule has 0 saturated heterocycles. The molecule has 102 heavy (non-hydrogen) atoms. The number of hydrogen-bond donors (Lipinski definition) is 0. The van der Waals surface area contributed by atoms with Crippen molar-refractivity contribution >= 4 is 157 Å². The lowest BCUT2D eigenvalue weighted by Gasteiger charge is -2.33. The monoisotopic (exact) mass is 1410 g/mol. The predicted octanol–water partition coefficient (Wildman–Crippen LogP) is 18.1. The van der Waals surface area contributed by atoms with E-state index in [0.717, 1.165) is 88.4 Å². The minimum Gasteiger partial charge on any atom is -0.457 e. The Morgan fingerprint density at radius 2 is 0.578 bits per heavy atom. The summed E-state index contributed by atoms with van der Waals surface area (Å²) in [6, 6.07) is 69.0. The van der Waals surface area contributed by atoms with E-state index in [2.05, 4.69) is 0 Å². The highest BCUT2D eigenvalue weighted by Gasteiger charge is 2.62. The van der Waals surface area contributed by atoms with Gasteiger partial charge in [0, 0.05) is 43.1 Å². The molecule has 0 saturated carbocycles. The molecule has 6 heterocycles. The first kappa shape index (κ1) is 62.2. The molecule has 14 nitrogen and oxygen atoms in total. The molecule has 0 unspecified atom stereocenters. The number of carbonyl (C=O) groups is 8. The van der Waals surface area contributed by atoms with Gasteiger partial charge in [-0.1, -0.05) is 170 Å². The van der Waals surface area contributed by atoms with Crippen molar-refractivity contribution in [3.8, 4) is 31.0 Å². The number of ketones is 4. The van der Waals surface area contributed by atoms with Gasteiger partial charge in [0.1, 0.15) is 26.4 Å². The van der Waals surface area contributed by atoms with Crippen LogP contribution in [0.5, 0.6) is 11.5 Å². The van der Waals surface area contributed by atoms with Crippen molar-refractivity contribution in [1.82, 2.24) is 0 Å². The maximum absolute atomic E-state index is 15.7.